The van der Waals surface area contributed by atoms with Crippen molar-refractivity contribution in [1.29, 1.82) is 0 Å². The van der Waals surface area contributed by atoms with Crippen LogP contribution in [0.5, 0.6) is 0 Å². The summed E-state index contributed by atoms with van der Waals surface area (Å²) in [5.74, 6) is -9.01. The highest BCUT2D eigenvalue weighted by Crippen LogP contribution is 2.10. The summed E-state index contributed by atoms with van der Waals surface area (Å²) >= 11 is 8.15. The van der Waals surface area contributed by atoms with Crippen LogP contribution in [0.4, 0.5) is 0 Å². The van der Waals surface area contributed by atoms with E-state index in [-0.39, 0.29) is 24.3 Å². The van der Waals surface area contributed by atoms with Crippen LogP contribution in [-0.2, 0) is 60.8 Å². The number of nitrogens with one attached hydrogen (secondary N) is 9. The first-order valence-corrected chi connectivity index (χ1v) is 22.3. The maximum atomic E-state index is 13.7. The molecule has 9 atom stereocenters. The normalized spacial score (nSPS) is 16.8. The van der Waals surface area contributed by atoms with Crippen LogP contribution in [0.15, 0.2) is 60.7 Å². The van der Waals surface area contributed by atoms with Crippen molar-refractivity contribution >= 4 is 84.3 Å². The molecular formula is C42H59N11O11S2. The van der Waals surface area contributed by atoms with Gasteiger partial charge in [0.05, 0.1) is 25.1 Å². The summed E-state index contributed by atoms with van der Waals surface area (Å²) in [5.41, 5.74) is 11.9. The molecule has 24 heteroatoms. The molecule has 0 saturated carbocycles. The van der Waals surface area contributed by atoms with E-state index in [9.17, 15) is 53.1 Å². The summed E-state index contributed by atoms with van der Waals surface area (Å²) < 4.78 is 0. The Kier molecular flexibility index (Phi) is 22.4. The van der Waals surface area contributed by atoms with Gasteiger partial charge in [0.1, 0.15) is 42.3 Å². The van der Waals surface area contributed by atoms with Crippen molar-refractivity contribution in [2.24, 2.45) is 11.5 Å². The maximum absolute atomic E-state index is 13.7. The fourth-order valence-corrected chi connectivity index (χ4v) is 7.04. The lowest BCUT2D eigenvalue weighted by atomic mass is 10.0. The first kappa shape index (κ1) is 54.1. The predicted octanol–water partition coefficient (Wildman–Crippen LogP) is -4.65. The van der Waals surface area contributed by atoms with E-state index in [1.54, 1.807) is 60.7 Å². The van der Waals surface area contributed by atoms with E-state index < -0.39 is 126 Å². The summed E-state index contributed by atoms with van der Waals surface area (Å²) in [5, 5.41) is 33.0. The van der Waals surface area contributed by atoms with Crippen LogP contribution >= 0.6 is 25.3 Å². The molecule has 2 aromatic carbocycles. The third-order valence-electron chi connectivity index (χ3n) is 10.2. The van der Waals surface area contributed by atoms with Gasteiger partial charge in [-0.15, -0.1) is 0 Å². The molecule has 66 heavy (non-hydrogen) atoms. The van der Waals surface area contributed by atoms with Crippen LogP contribution in [0.2, 0.25) is 0 Å². The number of nitrogens with two attached hydrogens (primary N) is 2. The van der Waals surface area contributed by atoms with Gasteiger partial charge in [0.2, 0.25) is 59.1 Å². The number of carbonyl (C=O) groups excluding carboxylic acids is 10. The number of amides is 10. The fourth-order valence-electron chi connectivity index (χ4n) is 6.51. The lowest BCUT2D eigenvalue weighted by molar-refractivity contribution is -0.136. The van der Waals surface area contributed by atoms with Gasteiger partial charge in [-0.2, -0.15) is 25.3 Å². The number of aliphatic hydroxyl groups excluding tert-OH is 1. The van der Waals surface area contributed by atoms with Gasteiger partial charge in [-0.3, -0.25) is 47.9 Å². The molecule has 0 aromatic heterocycles. The third-order valence-corrected chi connectivity index (χ3v) is 10.9. The summed E-state index contributed by atoms with van der Waals surface area (Å²) in [6.07, 6.45) is -0.938. The number of carbonyl (C=O) groups is 10. The van der Waals surface area contributed by atoms with E-state index >= 15 is 0 Å². The Morgan fingerprint density at radius 2 is 1.14 bits per heavy atom. The van der Waals surface area contributed by atoms with E-state index in [1.165, 1.54) is 13.8 Å². The number of thiol groups is 2. The molecule has 22 nitrogen and oxygen atoms in total. The quantitative estimate of drug-likeness (QED) is 0.0396. The Labute approximate surface area is 392 Å². The van der Waals surface area contributed by atoms with Crippen molar-refractivity contribution in [3.05, 3.63) is 71.8 Å². The van der Waals surface area contributed by atoms with Crippen molar-refractivity contribution < 1.29 is 53.1 Å². The fraction of sp³-hybridized carbons (Fsp3) is 0.476. The minimum absolute atomic E-state index is 0.0848. The standard InChI is InChI=1S/C42H59N11O11S2/c1-22(36(58)49-28(17-25-12-7-4-8-13-25)40(62)53-34(23(2)54)42(64)46-19-33(56)48-30(20-65)35(44)57)47-38(60)29(18-32(43)55)51-41(63)31(21-66)52-39(61)27(16-24-10-5-3-6-11-24)50-37(59)26-14-9-15-45-26/h3-8,10-13,22-23,26-31,34,45,54,65-66H,9,14-21H2,1-2H3,(H2,43,55)(H2,44,57)(H,46,64)(H,47,60)(H,48,56)(H,49,58)(H,50,59)(H,51,63)(H,52,61)(H,53,62)/t22-,23+,26-,27-,28-,29-,30-,31-,34-/m0/s1. The summed E-state index contributed by atoms with van der Waals surface area (Å²) in [4.78, 5) is 130. The van der Waals surface area contributed by atoms with E-state index in [0.717, 1.165) is 12.0 Å². The number of aliphatic hydroxyl groups is 1. The second-order valence-corrected chi connectivity index (χ2v) is 16.2. The minimum Gasteiger partial charge on any atom is -0.391 e. The zero-order valence-corrected chi connectivity index (χ0v) is 38.2. The van der Waals surface area contributed by atoms with Crippen LogP contribution in [0, 0.1) is 0 Å². The molecule has 1 aliphatic heterocycles. The SMILES string of the molecule is C[C@H](NC(=O)[C@H](CC(N)=O)NC(=O)[C@H](CS)NC(=O)[C@H](Cc1ccccc1)NC(=O)[C@@H]1CCCN1)C(=O)N[C@@H](Cc1ccccc1)C(=O)N[C@H](C(=O)NCC(=O)N[C@@H](CS)C(N)=O)[C@@H](C)O. The Hall–Kier alpha value is -6.24. The molecule has 3 rings (SSSR count). The van der Waals surface area contributed by atoms with Crippen molar-refractivity contribution in [1.82, 2.24) is 47.9 Å². The molecule has 1 saturated heterocycles. The molecule has 1 aliphatic rings. The van der Waals surface area contributed by atoms with E-state index in [2.05, 4.69) is 73.1 Å². The minimum atomic E-state index is -1.66. The molecule has 1 heterocycles. The molecule has 2 aromatic rings. The van der Waals surface area contributed by atoms with Crippen LogP contribution in [0.1, 0.15) is 44.2 Å². The van der Waals surface area contributed by atoms with E-state index in [4.69, 9.17) is 11.5 Å². The summed E-state index contributed by atoms with van der Waals surface area (Å²) in [6, 6.07) is 7.00. The number of hydrogen-bond acceptors (Lipinski definition) is 14. The van der Waals surface area contributed by atoms with Crippen LogP contribution < -0.4 is 59.3 Å². The van der Waals surface area contributed by atoms with Crippen LogP contribution in [0.3, 0.4) is 0 Å². The molecule has 0 aliphatic carbocycles. The molecule has 10 amide bonds. The van der Waals surface area contributed by atoms with Gasteiger partial charge in [0.25, 0.3) is 0 Å². The topological polar surface area (TPSA) is 351 Å². The lowest BCUT2D eigenvalue weighted by Crippen LogP contribution is -2.61. The van der Waals surface area contributed by atoms with Gasteiger partial charge < -0.3 is 64.4 Å². The molecular weight excluding hydrogens is 899 g/mol. The summed E-state index contributed by atoms with van der Waals surface area (Å²) in [6.45, 7) is 2.43. The largest absolute Gasteiger partial charge is 0.391 e. The van der Waals surface area contributed by atoms with Crippen LogP contribution in [0.25, 0.3) is 0 Å². The number of benzene rings is 2. The van der Waals surface area contributed by atoms with Crippen LogP contribution in [-0.4, -0.2) is 143 Å². The number of rotatable bonds is 26. The lowest BCUT2D eigenvalue weighted by Gasteiger charge is -2.27. The molecule has 14 N–H and O–H groups in total. The second-order valence-electron chi connectivity index (χ2n) is 15.5. The van der Waals surface area contributed by atoms with E-state index in [1.807, 2.05) is 0 Å². The highest BCUT2D eigenvalue weighted by atomic mass is 32.1. The van der Waals surface area contributed by atoms with Crippen molar-refractivity contribution in [3.8, 4) is 0 Å². The van der Waals surface area contributed by atoms with Gasteiger partial charge in [0, 0.05) is 24.3 Å². The molecule has 0 radical (unpaired) electrons. The summed E-state index contributed by atoms with van der Waals surface area (Å²) in [7, 11) is 0. The Morgan fingerprint density at radius 3 is 1.64 bits per heavy atom. The number of primary amides is 2. The predicted molar refractivity (Wildman–Crippen MR) is 246 cm³/mol. The first-order chi connectivity index (χ1) is 31.3. The zero-order chi connectivity index (χ0) is 48.9. The Balaban J connectivity index is 1.71. The highest BCUT2D eigenvalue weighted by molar-refractivity contribution is 7.80. The Bertz CT molecular complexity index is 2030. The van der Waals surface area contributed by atoms with Gasteiger partial charge in [-0.1, -0.05) is 60.7 Å². The third kappa shape index (κ3) is 18.0. The molecule has 360 valence electrons. The van der Waals surface area contributed by atoms with Crippen molar-refractivity contribution in [2.75, 3.05) is 24.6 Å². The van der Waals surface area contributed by atoms with Gasteiger partial charge in [-0.25, -0.2) is 0 Å². The zero-order valence-electron chi connectivity index (χ0n) is 36.4. The molecule has 0 bridgehead atoms. The second kappa shape index (κ2) is 27.3. The number of hydrogen-bond donors (Lipinski definition) is 14. The molecule has 1 fully saturated rings. The van der Waals surface area contributed by atoms with Gasteiger partial charge >= 0.3 is 0 Å². The van der Waals surface area contributed by atoms with E-state index in [0.29, 0.717) is 18.5 Å². The van der Waals surface area contributed by atoms with Gasteiger partial charge in [0.15, 0.2) is 0 Å². The highest BCUT2D eigenvalue weighted by Gasteiger charge is 2.35. The maximum Gasteiger partial charge on any atom is 0.245 e. The monoisotopic (exact) mass is 957 g/mol. The van der Waals surface area contributed by atoms with Crippen molar-refractivity contribution in [2.45, 2.75) is 100 Å². The van der Waals surface area contributed by atoms with Crippen molar-refractivity contribution in [3.63, 3.8) is 0 Å². The molecule has 0 spiro atoms. The average molecular weight is 958 g/mol. The van der Waals surface area contributed by atoms with Gasteiger partial charge in [-0.05, 0) is 44.4 Å². The average Bonchev–Trinajstić information content (AvgIpc) is 3.83. The first-order valence-electron chi connectivity index (χ1n) is 21.0. The molecule has 0 unspecified atom stereocenters. The Morgan fingerprint density at radius 1 is 0.636 bits per heavy atom. The smallest absolute Gasteiger partial charge is 0.245 e.